The second kappa shape index (κ2) is 5.61. The Kier molecular flexibility index (Phi) is 3.64. The second-order valence-corrected chi connectivity index (χ2v) is 5.65. The molecule has 0 bridgehead atoms. The molecule has 1 aromatic carbocycles. The van der Waals surface area contributed by atoms with Gasteiger partial charge in [0, 0.05) is 11.1 Å². The zero-order valence-corrected chi connectivity index (χ0v) is 12.4. The third-order valence-electron chi connectivity index (χ3n) is 3.16. The molecule has 0 aliphatic rings. The van der Waals surface area contributed by atoms with Crippen molar-refractivity contribution < 1.29 is 4.92 Å². The van der Waals surface area contributed by atoms with Crippen molar-refractivity contribution in [1.29, 1.82) is 0 Å². The smallest absolute Gasteiger partial charge is 0.262 e. The predicted molar refractivity (Wildman–Crippen MR) is 83.4 cm³/mol. The Bertz CT molecular complexity index is 937. The van der Waals surface area contributed by atoms with Crippen LogP contribution < -0.4 is 5.56 Å². The van der Waals surface area contributed by atoms with E-state index in [1.807, 2.05) is 31.2 Å². The van der Waals surface area contributed by atoms with Crippen LogP contribution in [-0.4, -0.2) is 14.3 Å². The van der Waals surface area contributed by atoms with E-state index in [0.717, 1.165) is 22.2 Å². The first kappa shape index (κ1) is 14.3. The Labute approximate surface area is 129 Å². The summed E-state index contributed by atoms with van der Waals surface area (Å²) in [6.07, 6.45) is 1.47. The van der Waals surface area contributed by atoms with Gasteiger partial charge in [-0.25, -0.2) is 4.98 Å². The zero-order chi connectivity index (χ0) is 15.7. The maximum absolute atomic E-state index is 12.3. The van der Waals surface area contributed by atoms with Gasteiger partial charge in [-0.15, -0.1) is 0 Å². The monoisotopic (exact) mass is 313 g/mol. The number of benzene rings is 1. The minimum absolute atomic E-state index is 0.107. The van der Waals surface area contributed by atoms with E-state index in [2.05, 4.69) is 4.98 Å². The van der Waals surface area contributed by atoms with Gasteiger partial charge in [0.05, 0.1) is 4.92 Å². The van der Waals surface area contributed by atoms with Crippen LogP contribution >= 0.6 is 11.8 Å². The molecule has 2 aromatic heterocycles. The van der Waals surface area contributed by atoms with Crippen LogP contribution in [0.3, 0.4) is 0 Å². The van der Waals surface area contributed by atoms with Gasteiger partial charge < -0.3 is 0 Å². The summed E-state index contributed by atoms with van der Waals surface area (Å²) in [7, 11) is 0. The molecule has 3 aromatic rings. The van der Waals surface area contributed by atoms with Gasteiger partial charge in [0.1, 0.15) is 5.65 Å². The van der Waals surface area contributed by atoms with Gasteiger partial charge in [0.25, 0.3) is 0 Å². The lowest BCUT2D eigenvalue weighted by Crippen LogP contribution is -2.19. The van der Waals surface area contributed by atoms with Crippen molar-refractivity contribution in [2.75, 3.05) is 0 Å². The molecule has 0 atom stereocenters. The van der Waals surface area contributed by atoms with Crippen LogP contribution in [0.25, 0.3) is 5.65 Å². The Morgan fingerprint density at radius 3 is 2.64 bits per heavy atom. The summed E-state index contributed by atoms with van der Waals surface area (Å²) >= 11 is 1.13. The minimum atomic E-state index is -0.674. The Hall–Kier alpha value is -2.67. The lowest BCUT2D eigenvalue weighted by Gasteiger charge is -2.06. The largest absolute Gasteiger partial charge is 0.366 e. The molecule has 0 N–H and O–H groups in total. The molecular weight excluding hydrogens is 302 g/mol. The first-order valence-corrected chi connectivity index (χ1v) is 7.29. The van der Waals surface area contributed by atoms with Gasteiger partial charge in [-0.1, -0.05) is 36.0 Å². The summed E-state index contributed by atoms with van der Waals surface area (Å²) in [5.41, 5.74) is 0.176. The first-order chi connectivity index (χ1) is 10.6. The number of pyridine rings is 1. The van der Waals surface area contributed by atoms with Crippen LogP contribution in [0.15, 0.2) is 63.4 Å². The van der Waals surface area contributed by atoms with Gasteiger partial charge in [0.2, 0.25) is 0 Å². The second-order valence-electron chi connectivity index (χ2n) is 4.62. The Morgan fingerprint density at radius 2 is 1.91 bits per heavy atom. The molecule has 22 heavy (non-hydrogen) atoms. The molecule has 7 heteroatoms. The first-order valence-electron chi connectivity index (χ1n) is 6.47. The third kappa shape index (κ3) is 2.46. The number of fused-ring (bicyclic) bond motifs is 1. The third-order valence-corrected chi connectivity index (χ3v) is 4.32. The standard InChI is InChI=1S/C15H11N3O3S/c1-10-6-2-3-7-11(10)22-14-13(18(20)21)15(19)17-9-5-4-8-12(17)16-14/h2-9H,1H3. The summed E-state index contributed by atoms with van der Waals surface area (Å²) in [4.78, 5) is 28.1. The highest BCUT2D eigenvalue weighted by atomic mass is 32.2. The molecule has 0 saturated heterocycles. The highest BCUT2D eigenvalue weighted by Gasteiger charge is 2.24. The van der Waals surface area contributed by atoms with Crippen LogP contribution in [0.5, 0.6) is 0 Å². The maximum atomic E-state index is 12.3. The molecule has 0 unspecified atom stereocenters. The van der Waals surface area contributed by atoms with Crippen LogP contribution in [-0.2, 0) is 0 Å². The van der Waals surface area contributed by atoms with Crippen molar-refractivity contribution in [3.8, 4) is 0 Å². The number of hydrogen-bond acceptors (Lipinski definition) is 5. The Morgan fingerprint density at radius 1 is 1.18 bits per heavy atom. The van der Waals surface area contributed by atoms with Gasteiger partial charge in [-0.2, -0.15) is 0 Å². The number of aromatic nitrogens is 2. The number of hydrogen-bond donors (Lipinski definition) is 0. The molecule has 0 amide bonds. The molecule has 0 spiro atoms. The molecule has 6 nitrogen and oxygen atoms in total. The van der Waals surface area contributed by atoms with Gasteiger partial charge >= 0.3 is 11.2 Å². The average Bonchev–Trinajstić information content (AvgIpc) is 2.49. The molecule has 0 saturated carbocycles. The van der Waals surface area contributed by atoms with Crippen molar-refractivity contribution in [3.63, 3.8) is 0 Å². The van der Waals surface area contributed by atoms with E-state index >= 15 is 0 Å². The fraction of sp³-hybridized carbons (Fsp3) is 0.0667. The van der Waals surface area contributed by atoms with E-state index in [1.54, 1.807) is 18.2 Å². The molecule has 110 valence electrons. The summed E-state index contributed by atoms with van der Waals surface area (Å²) in [6, 6.07) is 12.5. The van der Waals surface area contributed by atoms with Crippen molar-refractivity contribution in [2.45, 2.75) is 16.8 Å². The predicted octanol–water partition coefficient (Wildman–Crippen LogP) is 3.06. The quantitative estimate of drug-likeness (QED) is 0.422. The van der Waals surface area contributed by atoms with Crippen molar-refractivity contribution >= 4 is 23.1 Å². The van der Waals surface area contributed by atoms with E-state index in [-0.39, 0.29) is 5.03 Å². The van der Waals surface area contributed by atoms with Crippen LogP contribution in [0.1, 0.15) is 5.56 Å². The summed E-state index contributed by atoms with van der Waals surface area (Å²) in [5.74, 6) is 0. The fourth-order valence-electron chi connectivity index (χ4n) is 2.06. The number of nitrogens with zero attached hydrogens (tertiary/aromatic N) is 3. The van der Waals surface area contributed by atoms with Crippen molar-refractivity contribution in [3.05, 3.63) is 74.7 Å². The SMILES string of the molecule is Cc1ccccc1Sc1nc2ccccn2c(=O)c1[N+](=O)[O-]. The lowest BCUT2D eigenvalue weighted by atomic mass is 10.2. The van der Waals surface area contributed by atoms with E-state index in [9.17, 15) is 14.9 Å². The summed E-state index contributed by atoms with van der Waals surface area (Å²) in [5, 5.41) is 11.4. The molecule has 0 aliphatic heterocycles. The number of nitro groups is 1. The van der Waals surface area contributed by atoms with E-state index < -0.39 is 16.2 Å². The fourth-order valence-corrected chi connectivity index (χ4v) is 3.04. The van der Waals surface area contributed by atoms with Crippen LogP contribution in [0.4, 0.5) is 5.69 Å². The number of aryl methyl sites for hydroxylation is 1. The topological polar surface area (TPSA) is 77.5 Å². The molecule has 0 fully saturated rings. The zero-order valence-electron chi connectivity index (χ0n) is 11.6. The van der Waals surface area contributed by atoms with E-state index in [4.69, 9.17) is 0 Å². The highest BCUT2D eigenvalue weighted by molar-refractivity contribution is 7.99. The molecule has 0 radical (unpaired) electrons. The van der Waals surface area contributed by atoms with Crippen LogP contribution in [0, 0.1) is 17.0 Å². The normalized spacial score (nSPS) is 10.8. The molecule has 3 rings (SSSR count). The van der Waals surface area contributed by atoms with Gasteiger partial charge in [-0.3, -0.25) is 19.3 Å². The summed E-state index contributed by atoms with van der Waals surface area (Å²) in [6.45, 7) is 1.90. The average molecular weight is 313 g/mol. The minimum Gasteiger partial charge on any atom is -0.262 e. The Balaban J connectivity index is 2.24. The highest BCUT2D eigenvalue weighted by Crippen LogP contribution is 2.33. The van der Waals surface area contributed by atoms with Crippen molar-refractivity contribution in [2.24, 2.45) is 0 Å². The van der Waals surface area contributed by atoms with E-state index in [1.165, 1.54) is 10.6 Å². The molecule has 2 heterocycles. The maximum Gasteiger partial charge on any atom is 0.366 e. The molecular formula is C15H11N3O3S. The lowest BCUT2D eigenvalue weighted by molar-refractivity contribution is -0.389. The summed E-state index contributed by atoms with van der Waals surface area (Å²) < 4.78 is 1.18. The molecule has 0 aliphatic carbocycles. The van der Waals surface area contributed by atoms with Gasteiger partial charge in [0.15, 0.2) is 5.03 Å². The van der Waals surface area contributed by atoms with Gasteiger partial charge in [-0.05, 0) is 30.7 Å². The van der Waals surface area contributed by atoms with E-state index in [0.29, 0.717) is 5.65 Å². The number of rotatable bonds is 3. The van der Waals surface area contributed by atoms with Crippen LogP contribution in [0.2, 0.25) is 0 Å². The van der Waals surface area contributed by atoms with Crippen molar-refractivity contribution in [1.82, 2.24) is 9.38 Å².